The molecule has 6 heteroatoms. The summed E-state index contributed by atoms with van der Waals surface area (Å²) in [7, 11) is 0. The van der Waals surface area contributed by atoms with Crippen molar-refractivity contribution in [3.8, 4) is 11.3 Å². The van der Waals surface area contributed by atoms with Crippen LogP contribution in [0.3, 0.4) is 0 Å². The maximum atomic E-state index is 13.1. The molecule has 4 nitrogen and oxygen atoms in total. The van der Waals surface area contributed by atoms with Crippen LogP contribution in [0.1, 0.15) is 17.0 Å². The maximum Gasteiger partial charge on any atom is 0.289 e. The van der Waals surface area contributed by atoms with Crippen molar-refractivity contribution in [3.63, 3.8) is 0 Å². The van der Waals surface area contributed by atoms with Gasteiger partial charge in [0.15, 0.2) is 5.76 Å². The number of hydrogen-bond donors (Lipinski definition) is 0. The number of amides is 1. The van der Waals surface area contributed by atoms with Crippen LogP contribution in [0, 0.1) is 11.6 Å². The van der Waals surface area contributed by atoms with Gasteiger partial charge in [-0.3, -0.25) is 4.79 Å². The van der Waals surface area contributed by atoms with Gasteiger partial charge in [-0.15, -0.1) is 0 Å². The van der Waals surface area contributed by atoms with Crippen LogP contribution in [-0.2, 0) is 0 Å². The normalized spacial score (nSPS) is 14.8. The van der Waals surface area contributed by atoms with Crippen molar-refractivity contribution in [2.24, 2.45) is 0 Å². The molecule has 0 aliphatic carbocycles. The molecule has 0 bridgehead atoms. The summed E-state index contributed by atoms with van der Waals surface area (Å²) in [6.07, 6.45) is 0.814. The molecule has 1 aliphatic rings. The first kappa shape index (κ1) is 18.2. The van der Waals surface area contributed by atoms with Gasteiger partial charge in [-0.25, -0.2) is 8.78 Å². The first-order valence-corrected chi connectivity index (χ1v) is 9.26. The number of benzene rings is 2. The Morgan fingerprint density at radius 3 is 2.18 bits per heavy atom. The molecule has 2 aromatic carbocycles. The number of carbonyl (C=O) groups excluding carboxylic acids is 1. The second-order valence-corrected chi connectivity index (χ2v) is 6.78. The zero-order valence-electron chi connectivity index (χ0n) is 15.3. The summed E-state index contributed by atoms with van der Waals surface area (Å²) in [5, 5.41) is 0. The van der Waals surface area contributed by atoms with E-state index in [-0.39, 0.29) is 23.3 Å². The third-order valence-corrected chi connectivity index (χ3v) is 4.92. The van der Waals surface area contributed by atoms with Crippen molar-refractivity contribution in [3.05, 3.63) is 78.1 Å². The van der Waals surface area contributed by atoms with Gasteiger partial charge in [0.05, 0.1) is 0 Å². The molecule has 0 radical (unpaired) electrons. The highest BCUT2D eigenvalue weighted by atomic mass is 19.1. The van der Waals surface area contributed by atoms with Crippen LogP contribution in [0.5, 0.6) is 0 Å². The van der Waals surface area contributed by atoms with Crippen LogP contribution < -0.4 is 4.90 Å². The van der Waals surface area contributed by atoms with Gasteiger partial charge in [0.25, 0.3) is 5.91 Å². The molecule has 0 spiro atoms. The fourth-order valence-electron chi connectivity index (χ4n) is 3.41. The lowest BCUT2D eigenvalue weighted by atomic mass is 10.2. The molecule has 0 saturated carbocycles. The molecule has 1 aromatic heterocycles. The lowest BCUT2D eigenvalue weighted by molar-refractivity contribution is 0.0736. The van der Waals surface area contributed by atoms with Crippen molar-refractivity contribution in [2.45, 2.75) is 6.42 Å². The van der Waals surface area contributed by atoms with Gasteiger partial charge in [0.2, 0.25) is 0 Å². The van der Waals surface area contributed by atoms with Crippen LogP contribution in [0.2, 0.25) is 0 Å². The number of anilines is 1. The summed E-state index contributed by atoms with van der Waals surface area (Å²) in [4.78, 5) is 16.8. The SMILES string of the molecule is O=C(c1ccc(-c2ccc(F)cc2)o1)N1CCCN(c2ccc(F)cc2)CC1. The molecule has 1 amide bonds. The summed E-state index contributed by atoms with van der Waals surface area (Å²) in [5.41, 5.74) is 1.67. The molecule has 0 atom stereocenters. The Labute approximate surface area is 162 Å². The molecule has 1 aliphatic heterocycles. The smallest absolute Gasteiger partial charge is 0.289 e. The van der Waals surface area contributed by atoms with Crippen molar-refractivity contribution >= 4 is 11.6 Å². The third-order valence-electron chi connectivity index (χ3n) is 4.92. The average molecular weight is 382 g/mol. The van der Waals surface area contributed by atoms with Gasteiger partial charge in [0, 0.05) is 37.4 Å². The topological polar surface area (TPSA) is 36.7 Å². The minimum absolute atomic E-state index is 0.158. The Bertz CT molecular complexity index is 951. The highest BCUT2D eigenvalue weighted by Crippen LogP contribution is 2.24. The van der Waals surface area contributed by atoms with Gasteiger partial charge in [-0.1, -0.05) is 0 Å². The van der Waals surface area contributed by atoms with Gasteiger partial charge in [-0.05, 0) is 67.1 Å². The van der Waals surface area contributed by atoms with Crippen molar-refractivity contribution in [2.75, 3.05) is 31.1 Å². The van der Waals surface area contributed by atoms with Crippen LogP contribution in [0.4, 0.5) is 14.5 Å². The monoisotopic (exact) mass is 382 g/mol. The fraction of sp³-hybridized carbons (Fsp3) is 0.227. The Kier molecular flexibility index (Phi) is 5.10. The van der Waals surface area contributed by atoms with Crippen molar-refractivity contribution in [1.29, 1.82) is 0 Å². The molecule has 0 N–H and O–H groups in total. The predicted molar refractivity (Wildman–Crippen MR) is 103 cm³/mol. The lowest BCUT2D eigenvalue weighted by Gasteiger charge is -2.23. The van der Waals surface area contributed by atoms with Crippen LogP contribution in [0.25, 0.3) is 11.3 Å². The lowest BCUT2D eigenvalue weighted by Crippen LogP contribution is -2.35. The second-order valence-electron chi connectivity index (χ2n) is 6.78. The largest absolute Gasteiger partial charge is 0.451 e. The quantitative estimate of drug-likeness (QED) is 0.666. The molecule has 2 heterocycles. The summed E-state index contributed by atoms with van der Waals surface area (Å²) in [6.45, 7) is 2.66. The van der Waals surface area contributed by atoms with Gasteiger partial charge in [-0.2, -0.15) is 0 Å². The fourth-order valence-corrected chi connectivity index (χ4v) is 3.41. The molecule has 144 valence electrons. The van der Waals surface area contributed by atoms with E-state index in [4.69, 9.17) is 4.42 Å². The Hall–Kier alpha value is -3.15. The van der Waals surface area contributed by atoms with Crippen LogP contribution in [0.15, 0.2) is 65.1 Å². The minimum atomic E-state index is -0.318. The van der Waals surface area contributed by atoms with E-state index in [1.807, 2.05) is 0 Å². The van der Waals surface area contributed by atoms with E-state index < -0.39 is 0 Å². The Morgan fingerprint density at radius 1 is 0.786 bits per heavy atom. The average Bonchev–Trinajstić information content (AvgIpc) is 3.07. The molecule has 1 fully saturated rings. The highest BCUT2D eigenvalue weighted by molar-refractivity contribution is 5.92. The van der Waals surface area contributed by atoms with E-state index in [1.54, 1.807) is 41.3 Å². The zero-order chi connectivity index (χ0) is 19.5. The van der Waals surface area contributed by atoms with E-state index in [1.165, 1.54) is 24.3 Å². The molecule has 1 saturated heterocycles. The molecular formula is C22H20F2N2O2. The zero-order valence-corrected chi connectivity index (χ0v) is 15.3. The number of furan rings is 1. The molecule has 28 heavy (non-hydrogen) atoms. The Morgan fingerprint density at radius 2 is 1.46 bits per heavy atom. The first-order chi connectivity index (χ1) is 13.6. The summed E-state index contributed by atoms with van der Waals surface area (Å²) in [6, 6.07) is 15.8. The minimum Gasteiger partial charge on any atom is -0.451 e. The molecule has 0 unspecified atom stereocenters. The second kappa shape index (κ2) is 7.84. The first-order valence-electron chi connectivity index (χ1n) is 9.26. The van der Waals surface area contributed by atoms with Gasteiger partial charge < -0.3 is 14.2 Å². The number of halogens is 2. The summed E-state index contributed by atoms with van der Waals surface area (Å²) in [5.74, 6) is 0.0713. The number of rotatable bonds is 3. The summed E-state index contributed by atoms with van der Waals surface area (Å²) < 4.78 is 31.9. The van der Waals surface area contributed by atoms with Crippen LogP contribution >= 0.6 is 0 Å². The van der Waals surface area contributed by atoms with E-state index >= 15 is 0 Å². The number of hydrogen-bond acceptors (Lipinski definition) is 3. The molecular weight excluding hydrogens is 362 g/mol. The predicted octanol–water partition coefficient (Wildman–Crippen LogP) is 4.58. The van der Waals surface area contributed by atoms with Crippen LogP contribution in [-0.4, -0.2) is 37.0 Å². The maximum absolute atomic E-state index is 13.1. The number of nitrogens with zero attached hydrogens (tertiary/aromatic N) is 2. The van der Waals surface area contributed by atoms with Crippen molar-refractivity contribution < 1.29 is 18.0 Å². The van der Waals surface area contributed by atoms with Gasteiger partial charge in [0.1, 0.15) is 17.4 Å². The van der Waals surface area contributed by atoms with Gasteiger partial charge >= 0.3 is 0 Å². The summed E-state index contributed by atoms with van der Waals surface area (Å²) >= 11 is 0. The Balaban J connectivity index is 1.44. The molecule has 4 rings (SSSR count). The van der Waals surface area contributed by atoms with E-state index in [0.717, 1.165) is 24.2 Å². The third kappa shape index (κ3) is 3.91. The molecule has 3 aromatic rings. The number of carbonyl (C=O) groups is 1. The van der Waals surface area contributed by atoms with E-state index in [0.29, 0.717) is 25.4 Å². The van der Waals surface area contributed by atoms with E-state index in [9.17, 15) is 13.6 Å². The van der Waals surface area contributed by atoms with E-state index in [2.05, 4.69) is 4.90 Å². The highest BCUT2D eigenvalue weighted by Gasteiger charge is 2.23. The van der Waals surface area contributed by atoms with Crippen molar-refractivity contribution in [1.82, 2.24) is 4.90 Å². The standard InChI is InChI=1S/C22H20F2N2O2/c23-17-4-2-16(3-5-17)20-10-11-21(28-20)22(27)26-13-1-12-25(14-15-26)19-8-6-18(24)7-9-19/h2-11H,1,12-15H2.